The standard InChI is InChI=1S/C21H31N3O5S/c1-2-29-21(26)17-7-6-14-24(15-17)20(25)16-30(27,28)22-18-8-10-19(11-9-18)23-12-4-3-5-13-23/h8-11,17,22H,2-7,12-16H2,1H3. The molecule has 1 aromatic carbocycles. The van der Waals surface area contributed by atoms with Crippen LogP contribution >= 0.6 is 0 Å². The second-order valence-corrected chi connectivity index (χ2v) is 9.61. The van der Waals surface area contributed by atoms with Gasteiger partial charge in [0.25, 0.3) is 0 Å². The van der Waals surface area contributed by atoms with E-state index in [2.05, 4.69) is 9.62 Å². The number of hydrogen-bond acceptors (Lipinski definition) is 6. The third-order valence-corrected chi connectivity index (χ3v) is 6.74. The number of esters is 1. The number of carbonyl (C=O) groups excluding carboxylic acids is 2. The zero-order valence-corrected chi connectivity index (χ0v) is 18.3. The van der Waals surface area contributed by atoms with Crippen LogP contribution in [0.1, 0.15) is 39.0 Å². The van der Waals surface area contributed by atoms with Crippen LogP contribution in [0.25, 0.3) is 0 Å². The molecule has 2 saturated heterocycles. The molecule has 1 aromatic rings. The van der Waals surface area contributed by atoms with Gasteiger partial charge >= 0.3 is 5.97 Å². The zero-order valence-electron chi connectivity index (χ0n) is 17.5. The van der Waals surface area contributed by atoms with Crippen molar-refractivity contribution in [3.63, 3.8) is 0 Å². The molecule has 1 atom stereocenters. The van der Waals surface area contributed by atoms with Gasteiger partial charge < -0.3 is 14.5 Å². The Kier molecular flexibility index (Phi) is 7.58. The fraction of sp³-hybridized carbons (Fsp3) is 0.619. The Morgan fingerprint density at radius 3 is 2.43 bits per heavy atom. The summed E-state index contributed by atoms with van der Waals surface area (Å²) < 4.78 is 32.5. The van der Waals surface area contributed by atoms with Gasteiger partial charge in [-0.2, -0.15) is 0 Å². The first-order valence-electron chi connectivity index (χ1n) is 10.7. The Balaban J connectivity index is 1.55. The van der Waals surface area contributed by atoms with Gasteiger partial charge in [0, 0.05) is 37.6 Å². The van der Waals surface area contributed by atoms with Crippen LogP contribution in [-0.2, 0) is 24.3 Å². The predicted molar refractivity (Wildman–Crippen MR) is 116 cm³/mol. The summed E-state index contributed by atoms with van der Waals surface area (Å²) in [7, 11) is -3.84. The Bertz CT molecular complexity index is 835. The second kappa shape index (κ2) is 10.1. The van der Waals surface area contributed by atoms with E-state index in [0.717, 1.165) is 18.8 Å². The maximum Gasteiger partial charge on any atom is 0.310 e. The molecule has 30 heavy (non-hydrogen) atoms. The average molecular weight is 438 g/mol. The lowest BCUT2D eigenvalue weighted by Gasteiger charge is -2.31. The van der Waals surface area contributed by atoms with Crippen LogP contribution in [0.2, 0.25) is 0 Å². The fourth-order valence-electron chi connectivity index (χ4n) is 4.02. The lowest BCUT2D eigenvalue weighted by atomic mass is 9.98. The molecule has 2 aliphatic heterocycles. The largest absolute Gasteiger partial charge is 0.466 e. The van der Waals surface area contributed by atoms with Gasteiger partial charge in [0.2, 0.25) is 15.9 Å². The maximum atomic E-state index is 12.5. The van der Waals surface area contributed by atoms with Crippen LogP contribution in [0.3, 0.4) is 0 Å². The third-order valence-electron chi connectivity index (χ3n) is 5.57. The van der Waals surface area contributed by atoms with Crippen molar-refractivity contribution < 1.29 is 22.7 Å². The van der Waals surface area contributed by atoms with Crippen LogP contribution in [0.5, 0.6) is 0 Å². The number of nitrogens with zero attached hydrogens (tertiary/aromatic N) is 2. The lowest BCUT2D eigenvalue weighted by molar-refractivity contribution is -0.151. The van der Waals surface area contributed by atoms with E-state index in [9.17, 15) is 18.0 Å². The lowest BCUT2D eigenvalue weighted by Crippen LogP contribution is -2.45. The van der Waals surface area contributed by atoms with Crippen molar-refractivity contribution in [2.75, 3.05) is 48.2 Å². The Labute approximate surface area is 178 Å². The molecular formula is C21H31N3O5S. The minimum Gasteiger partial charge on any atom is -0.466 e. The van der Waals surface area contributed by atoms with Crippen LogP contribution in [0.4, 0.5) is 11.4 Å². The predicted octanol–water partition coefficient (Wildman–Crippen LogP) is 2.22. The van der Waals surface area contributed by atoms with E-state index < -0.39 is 21.7 Å². The van der Waals surface area contributed by atoms with Crippen molar-refractivity contribution in [1.82, 2.24) is 4.90 Å². The molecule has 3 rings (SSSR count). The van der Waals surface area contributed by atoms with Crippen molar-refractivity contribution >= 4 is 33.3 Å². The monoisotopic (exact) mass is 437 g/mol. The van der Waals surface area contributed by atoms with E-state index in [1.165, 1.54) is 24.2 Å². The molecule has 8 nitrogen and oxygen atoms in total. The highest BCUT2D eigenvalue weighted by Crippen LogP contribution is 2.23. The number of carbonyl (C=O) groups is 2. The van der Waals surface area contributed by atoms with Gasteiger partial charge in [-0.25, -0.2) is 8.42 Å². The number of benzene rings is 1. The van der Waals surface area contributed by atoms with Crippen molar-refractivity contribution in [2.24, 2.45) is 5.92 Å². The zero-order chi connectivity index (χ0) is 21.6. The molecule has 1 amide bonds. The van der Waals surface area contributed by atoms with Gasteiger partial charge in [-0.05, 0) is 63.3 Å². The SMILES string of the molecule is CCOC(=O)C1CCCN(C(=O)CS(=O)(=O)Nc2ccc(N3CCCCC3)cc2)C1. The second-order valence-electron chi connectivity index (χ2n) is 7.89. The molecule has 2 aliphatic rings. The number of hydrogen-bond donors (Lipinski definition) is 1. The number of sulfonamides is 1. The van der Waals surface area contributed by atoms with Crippen LogP contribution in [-0.4, -0.2) is 63.7 Å². The number of anilines is 2. The molecule has 9 heteroatoms. The fourth-order valence-corrected chi connectivity index (χ4v) is 5.09. The highest BCUT2D eigenvalue weighted by atomic mass is 32.2. The van der Waals surface area contributed by atoms with Gasteiger partial charge in [-0.3, -0.25) is 14.3 Å². The number of ether oxygens (including phenoxy) is 1. The van der Waals surface area contributed by atoms with Gasteiger partial charge in [0.1, 0.15) is 5.75 Å². The number of nitrogens with one attached hydrogen (secondary N) is 1. The maximum absolute atomic E-state index is 12.5. The van der Waals surface area contributed by atoms with Crippen molar-refractivity contribution in [3.05, 3.63) is 24.3 Å². The van der Waals surface area contributed by atoms with E-state index in [-0.39, 0.29) is 25.0 Å². The van der Waals surface area contributed by atoms with Crippen LogP contribution < -0.4 is 9.62 Å². The molecule has 0 aliphatic carbocycles. The van der Waals surface area contributed by atoms with Crippen LogP contribution in [0, 0.1) is 5.92 Å². The summed E-state index contributed by atoms with van der Waals surface area (Å²) in [6.45, 7) is 4.72. The van der Waals surface area contributed by atoms with Crippen molar-refractivity contribution in [2.45, 2.75) is 39.0 Å². The molecule has 1 N–H and O–H groups in total. The minimum absolute atomic E-state index is 0.206. The van der Waals surface area contributed by atoms with E-state index in [0.29, 0.717) is 25.1 Å². The van der Waals surface area contributed by atoms with Crippen molar-refractivity contribution in [3.8, 4) is 0 Å². The molecule has 0 aromatic heterocycles. The number of rotatable bonds is 7. The molecule has 2 fully saturated rings. The van der Waals surface area contributed by atoms with Gasteiger partial charge in [0.05, 0.1) is 12.5 Å². The molecule has 0 spiro atoms. The first-order valence-corrected chi connectivity index (χ1v) is 12.3. The average Bonchev–Trinajstić information content (AvgIpc) is 2.74. The Morgan fingerprint density at radius 2 is 1.77 bits per heavy atom. The quantitative estimate of drug-likeness (QED) is 0.657. The summed E-state index contributed by atoms with van der Waals surface area (Å²) in [6, 6.07) is 7.26. The number of piperidine rings is 2. The number of likely N-dealkylation sites (tertiary alicyclic amines) is 1. The van der Waals surface area contributed by atoms with E-state index >= 15 is 0 Å². The summed E-state index contributed by atoms with van der Waals surface area (Å²) in [5.74, 6) is -1.86. The number of amides is 1. The van der Waals surface area contributed by atoms with E-state index in [4.69, 9.17) is 4.74 Å². The summed E-state index contributed by atoms with van der Waals surface area (Å²) >= 11 is 0. The smallest absolute Gasteiger partial charge is 0.310 e. The summed E-state index contributed by atoms with van der Waals surface area (Å²) in [5.41, 5.74) is 1.51. The molecule has 0 radical (unpaired) electrons. The molecule has 2 heterocycles. The highest BCUT2D eigenvalue weighted by Gasteiger charge is 2.31. The summed E-state index contributed by atoms with van der Waals surface area (Å²) in [4.78, 5) is 28.2. The van der Waals surface area contributed by atoms with Crippen molar-refractivity contribution in [1.29, 1.82) is 0 Å². The first kappa shape index (κ1) is 22.4. The van der Waals surface area contributed by atoms with E-state index in [1.54, 1.807) is 19.1 Å². The van der Waals surface area contributed by atoms with Gasteiger partial charge in [-0.1, -0.05) is 0 Å². The minimum atomic E-state index is -3.84. The van der Waals surface area contributed by atoms with Gasteiger partial charge in [-0.15, -0.1) is 0 Å². The van der Waals surface area contributed by atoms with Crippen LogP contribution in [0.15, 0.2) is 24.3 Å². The Morgan fingerprint density at radius 1 is 1.07 bits per heavy atom. The normalized spacial score (nSPS) is 20.0. The Hall–Kier alpha value is -2.29. The molecular weight excluding hydrogens is 406 g/mol. The molecule has 0 bridgehead atoms. The highest BCUT2D eigenvalue weighted by molar-refractivity contribution is 7.93. The molecule has 1 unspecified atom stereocenters. The topological polar surface area (TPSA) is 96.0 Å². The summed E-state index contributed by atoms with van der Waals surface area (Å²) in [6.07, 6.45) is 4.89. The first-order chi connectivity index (χ1) is 14.4. The third kappa shape index (κ3) is 6.10. The van der Waals surface area contributed by atoms with E-state index in [1.807, 2.05) is 12.1 Å². The molecule has 166 valence electrons. The molecule has 0 saturated carbocycles. The summed E-state index contributed by atoms with van der Waals surface area (Å²) in [5, 5.41) is 0. The van der Waals surface area contributed by atoms with Gasteiger partial charge in [0.15, 0.2) is 0 Å².